The van der Waals surface area contributed by atoms with E-state index < -0.39 is 5.56 Å². The molecule has 118 valence electrons. The van der Waals surface area contributed by atoms with Crippen molar-refractivity contribution in [3.63, 3.8) is 0 Å². The molecule has 0 aliphatic carbocycles. The Balaban J connectivity index is 1.78. The lowest BCUT2D eigenvalue weighted by Gasteiger charge is -2.10. The van der Waals surface area contributed by atoms with E-state index in [9.17, 15) is 4.79 Å². The summed E-state index contributed by atoms with van der Waals surface area (Å²) >= 11 is 5.86. The molecule has 0 aliphatic rings. The molecule has 0 radical (unpaired) electrons. The molecule has 24 heavy (non-hydrogen) atoms. The Kier molecular flexibility index (Phi) is 3.47. The second kappa shape index (κ2) is 5.78. The summed E-state index contributed by atoms with van der Waals surface area (Å²) < 4.78 is 0. The van der Waals surface area contributed by atoms with Crippen molar-refractivity contribution in [1.82, 2.24) is 20.2 Å². The maximum Gasteiger partial charge on any atom is 0.291 e. The number of para-hydroxylation sites is 2. The van der Waals surface area contributed by atoms with Gasteiger partial charge in [0.05, 0.1) is 16.7 Å². The van der Waals surface area contributed by atoms with Crippen LogP contribution in [0.25, 0.3) is 22.2 Å². The number of fused-ring (bicyclic) bond motifs is 2. The molecule has 0 atom stereocenters. The molecule has 2 heterocycles. The second-order valence-electron chi connectivity index (χ2n) is 5.07. The molecule has 0 spiro atoms. The Labute approximate surface area is 140 Å². The highest BCUT2D eigenvalue weighted by Crippen LogP contribution is 2.19. The molecule has 3 N–H and O–H groups in total. The van der Waals surface area contributed by atoms with Crippen LogP contribution in [0, 0.1) is 0 Å². The third-order valence-corrected chi connectivity index (χ3v) is 3.71. The van der Waals surface area contributed by atoms with Gasteiger partial charge in [-0.15, -0.1) is 0 Å². The van der Waals surface area contributed by atoms with Crippen LogP contribution in [0.2, 0.25) is 5.02 Å². The van der Waals surface area contributed by atoms with Crippen molar-refractivity contribution in [2.24, 2.45) is 0 Å². The quantitative estimate of drug-likeness (QED) is 0.392. The topological polar surface area (TPSA) is 95.6 Å². The number of hydrogen-bond acceptors (Lipinski definition) is 6. The summed E-state index contributed by atoms with van der Waals surface area (Å²) in [7, 11) is 0. The minimum atomic E-state index is -0.395. The number of benzene rings is 2. The summed E-state index contributed by atoms with van der Waals surface area (Å²) in [4.78, 5) is 21.0. The van der Waals surface area contributed by atoms with Crippen molar-refractivity contribution in [3.8, 4) is 0 Å². The normalized spacial score (nSPS) is 10.9. The average Bonchev–Trinajstić information content (AvgIpc) is 2.61. The van der Waals surface area contributed by atoms with Crippen LogP contribution in [0.1, 0.15) is 0 Å². The molecule has 0 aliphatic heterocycles. The zero-order valence-corrected chi connectivity index (χ0v) is 13.0. The molecular formula is C16H11ClN6O. The fraction of sp³-hybridized carbons (Fsp3) is 0. The molecule has 0 fully saturated rings. The molecule has 2 aromatic carbocycles. The van der Waals surface area contributed by atoms with Gasteiger partial charge in [0.2, 0.25) is 5.65 Å². The van der Waals surface area contributed by atoms with Crippen LogP contribution in [0.4, 0.5) is 11.4 Å². The van der Waals surface area contributed by atoms with E-state index in [0.29, 0.717) is 27.2 Å². The number of hydrazine groups is 1. The molecule has 0 saturated carbocycles. The number of nitrogens with one attached hydrogen (secondary N) is 3. The van der Waals surface area contributed by atoms with Gasteiger partial charge in [-0.1, -0.05) is 23.7 Å². The maximum atomic E-state index is 12.1. The lowest BCUT2D eigenvalue weighted by molar-refractivity contribution is 1.01. The smallest absolute Gasteiger partial charge is 0.291 e. The van der Waals surface area contributed by atoms with Crippen molar-refractivity contribution < 1.29 is 0 Å². The number of nitrogens with zero attached hydrogens (tertiary/aromatic N) is 3. The molecule has 7 nitrogen and oxygen atoms in total. The third kappa shape index (κ3) is 2.61. The van der Waals surface area contributed by atoms with E-state index in [-0.39, 0.29) is 5.69 Å². The maximum absolute atomic E-state index is 12.1. The largest absolute Gasteiger partial charge is 0.301 e. The molecule has 8 heteroatoms. The Morgan fingerprint density at radius 1 is 0.917 bits per heavy atom. The molecule has 4 rings (SSSR count). The highest BCUT2D eigenvalue weighted by molar-refractivity contribution is 6.30. The minimum absolute atomic E-state index is 0.244. The van der Waals surface area contributed by atoms with Gasteiger partial charge >= 0.3 is 0 Å². The Hall–Kier alpha value is -3.19. The summed E-state index contributed by atoms with van der Waals surface area (Å²) in [5, 5.41) is 7.01. The van der Waals surface area contributed by atoms with Crippen LogP contribution in [0.5, 0.6) is 0 Å². The van der Waals surface area contributed by atoms with E-state index >= 15 is 0 Å². The first kappa shape index (κ1) is 14.4. The number of rotatable bonds is 3. The SMILES string of the molecule is O=c1[nH]nc2nc3ccccc3nc2c1NNc1ccc(Cl)cc1. The van der Waals surface area contributed by atoms with Crippen LogP contribution in [-0.2, 0) is 0 Å². The zero-order valence-electron chi connectivity index (χ0n) is 12.2. The molecule has 0 bridgehead atoms. The third-order valence-electron chi connectivity index (χ3n) is 3.46. The van der Waals surface area contributed by atoms with Gasteiger partial charge < -0.3 is 5.43 Å². The molecular weight excluding hydrogens is 328 g/mol. The number of hydrogen-bond donors (Lipinski definition) is 3. The number of anilines is 2. The van der Waals surface area contributed by atoms with Crippen LogP contribution in [0.15, 0.2) is 53.3 Å². The van der Waals surface area contributed by atoms with Gasteiger partial charge in [-0.25, -0.2) is 15.1 Å². The summed E-state index contributed by atoms with van der Waals surface area (Å²) in [6.45, 7) is 0. The highest BCUT2D eigenvalue weighted by atomic mass is 35.5. The van der Waals surface area contributed by atoms with Crippen molar-refractivity contribution in [2.45, 2.75) is 0 Å². The monoisotopic (exact) mass is 338 g/mol. The van der Waals surface area contributed by atoms with E-state index in [1.807, 2.05) is 24.3 Å². The van der Waals surface area contributed by atoms with E-state index in [2.05, 4.69) is 31.0 Å². The van der Waals surface area contributed by atoms with Crippen LogP contribution in [0.3, 0.4) is 0 Å². The molecule has 0 amide bonds. The van der Waals surface area contributed by atoms with Crippen LogP contribution in [-0.4, -0.2) is 20.2 Å². The van der Waals surface area contributed by atoms with Crippen molar-refractivity contribution in [3.05, 3.63) is 63.9 Å². The molecule has 2 aromatic heterocycles. The van der Waals surface area contributed by atoms with E-state index in [1.54, 1.807) is 24.3 Å². The zero-order chi connectivity index (χ0) is 16.5. The summed E-state index contributed by atoms with van der Waals surface area (Å²) in [5.41, 5.74) is 8.56. The second-order valence-corrected chi connectivity index (χ2v) is 5.51. The van der Waals surface area contributed by atoms with Crippen LogP contribution >= 0.6 is 11.6 Å². The van der Waals surface area contributed by atoms with E-state index in [4.69, 9.17) is 11.6 Å². The van der Waals surface area contributed by atoms with Gasteiger partial charge in [0.25, 0.3) is 5.56 Å². The van der Waals surface area contributed by atoms with Crippen molar-refractivity contribution in [1.29, 1.82) is 0 Å². The molecule has 4 aromatic rings. The lowest BCUT2D eigenvalue weighted by atomic mass is 10.3. The standard InChI is InChI=1S/C16H11ClN6O/c17-9-5-7-10(8-6-9)20-21-14-13-15(22-23-16(14)24)19-12-4-2-1-3-11(12)18-13/h1-8,20H,(H,23,24)(H,19,21,22). The predicted molar refractivity (Wildman–Crippen MR) is 94.2 cm³/mol. The van der Waals surface area contributed by atoms with E-state index in [1.165, 1.54) is 0 Å². The first-order valence-corrected chi connectivity index (χ1v) is 7.51. The van der Waals surface area contributed by atoms with E-state index in [0.717, 1.165) is 5.69 Å². The van der Waals surface area contributed by atoms with Crippen LogP contribution < -0.4 is 16.4 Å². The summed E-state index contributed by atoms with van der Waals surface area (Å²) in [6, 6.07) is 14.5. The Morgan fingerprint density at radius 2 is 1.62 bits per heavy atom. The highest BCUT2D eigenvalue weighted by Gasteiger charge is 2.11. The lowest BCUT2D eigenvalue weighted by Crippen LogP contribution is -2.20. The van der Waals surface area contributed by atoms with Crippen molar-refractivity contribution >= 4 is 45.2 Å². The Morgan fingerprint density at radius 3 is 2.38 bits per heavy atom. The number of halogens is 1. The first-order chi connectivity index (χ1) is 11.7. The van der Waals surface area contributed by atoms with Gasteiger partial charge in [-0.05, 0) is 36.4 Å². The minimum Gasteiger partial charge on any atom is -0.301 e. The summed E-state index contributed by atoms with van der Waals surface area (Å²) in [5.74, 6) is 0. The van der Waals surface area contributed by atoms with Gasteiger partial charge in [-0.2, -0.15) is 5.10 Å². The average molecular weight is 339 g/mol. The Bertz CT molecular complexity index is 1090. The predicted octanol–water partition coefficient (Wildman–Crippen LogP) is 2.96. The summed E-state index contributed by atoms with van der Waals surface area (Å²) in [6.07, 6.45) is 0. The van der Waals surface area contributed by atoms with Crippen molar-refractivity contribution in [2.75, 3.05) is 10.9 Å². The van der Waals surface area contributed by atoms with Gasteiger partial charge in [0.15, 0.2) is 5.69 Å². The number of aromatic amines is 1. The molecule has 0 unspecified atom stereocenters. The van der Waals surface area contributed by atoms with Gasteiger partial charge in [0.1, 0.15) is 5.52 Å². The number of aromatic nitrogens is 4. The molecule has 0 saturated heterocycles. The van der Waals surface area contributed by atoms with Gasteiger partial charge in [-0.3, -0.25) is 10.2 Å². The first-order valence-electron chi connectivity index (χ1n) is 7.13. The van der Waals surface area contributed by atoms with Gasteiger partial charge in [0, 0.05) is 5.02 Å². The number of H-pyrrole nitrogens is 1. The fourth-order valence-corrected chi connectivity index (χ4v) is 2.41. The fourth-order valence-electron chi connectivity index (χ4n) is 2.29.